The van der Waals surface area contributed by atoms with Crippen molar-refractivity contribution in [2.45, 2.75) is 18.9 Å². The van der Waals surface area contributed by atoms with Crippen LogP contribution in [0.15, 0.2) is 42.9 Å². The lowest BCUT2D eigenvalue weighted by Gasteiger charge is -2.22. The van der Waals surface area contributed by atoms with Crippen LogP contribution in [0.2, 0.25) is 0 Å². The van der Waals surface area contributed by atoms with Crippen molar-refractivity contribution < 1.29 is 9.13 Å². The van der Waals surface area contributed by atoms with E-state index in [-0.39, 0.29) is 11.5 Å². The van der Waals surface area contributed by atoms with Crippen molar-refractivity contribution in [2.75, 3.05) is 29.3 Å². The van der Waals surface area contributed by atoms with E-state index in [9.17, 15) is 4.39 Å². The van der Waals surface area contributed by atoms with Gasteiger partial charge in [-0.05, 0) is 31.0 Å². The Hall–Kier alpha value is -3.24. The fourth-order valence-corrected chi connectivity index (χ4v) is 3.06. The van der Waals surface area contributed by atoms with Crippen molar-refractivity contribution in [1.82, 2.24) is 19.7 Å². The quantitative estimate of drug-likeness (QED) is 0.453. The fourth-order valence-electron chi connectivity index (χ4n) is 3.06. The van der Waals surface area contributed by atoms with Crippen LogP contribution < -0.4 is 21.9 Å². The van der Waals surface area contributed by atoms with Gasteiger partial charge in [0.2, 0.25) is 5.95 Å². The molecule has 1 aromatic carbocycles. The first kappa shape index (κ1) is 18.1. The Balaban J connectivity index is 1.53. The van der Waals surface area contributed by atoms with Crippen LogP contribution in [-0.2, 0) is 4.74 Å². The van der Waals surface area contributed by atoms with Crippen LogP contribution in [0.25, 0.3) is 0 Å². The molecule has 0 radical (unpaired) electrons. The molecule has 0 spiro atoms. The number of nitrogen functional groups attached to an aromatic ring is 1. The first-order chi connectivity index (χ1) is 13.6. The van der Waals surface area contributed by atoms with Crippen LogP contribution in [-0.4, -0.2) is 33.0 Å². The third kappa shape index (κ3) is 3.87. The number of hydrogen-bond donors (Lipinski definition) is 3. The lowest BCUT2D eigenvalue weighted by molar-refractivity contribution is 0.0662. The molecule has 2 aromatic heterocycles. The number of nitrogens with zero attached hydrogens (tertiary/aromatic N) is 5. The van der Waals surface area contributed by atoms with E-state index in [1.807, 2.05) is 10.9 Å². The number of hydrogen-bond acceptors (Lipinski definition) is 8. The van der Waals surface area contributed by atoms with E-state index in [0.29, 0.717) is 17.7 Å². The summed E-state index contributed by atoms with van der Waals surface area (Å²) in [5, 5.41) is 8.73. The van der Waals surface area contributed by atoms with Crippen LogP contribution in [0, 0.1) is 5.82 Å². The van der Waals surface area contributed by atoms with Crippen molar-refractivity contribution in [1.29, 1.82) is 0 Å². The van der Waals surface area contributed by atoms with Gasteiger partial charge in [0.1, 0.15) is 5.82 Å². The number of rotatable bonds is 5. The minimum Gasteiger partial charge on any atom is -0.394 e. The van der Waals surface area contributed by atoms with E-state index in [2.05, 4.69) is 20.4 Å². The zero-order chi connectivity index (χ0) is 19.5. The summed E-state index contributed by atoms with van der Waals surface area (Å²) in [6, 6.07) is 6.18. The van der Waals surface area contributed by atoms with Crippen LogP contribution >= 0.6 is 0 Å². The van der Waals surface area contributed by atoms with Crippen molar-refractivity contribution >= 4 is 28.8 Å². The molecule has 28 heavy (non-hydrogen) atoms. The predicted octanol–water partition coefficient (Wildman–Crippen LogP) is 2.50. The highest BCUT2D eigenvalue weighted by Gasteiger charge is 2.17. The number of benzene rings is 1. The summed E-state index contributed by atoms with van der Waals surface area (Å²) in [5.74, 6) is 6.26. The maximum atomic E-state index is 13.5. The van der Waals surface area contributed by atoms with E-state index in [0.717, 1.165) is 31.7 Å². The van der Waals surface area contributed by atoms with Crippen molar-refractivity contribution in [3.63, 3.8) is 0 Å². The lowest BCUT2D eigenvalue weighted by atomic mass is 10.1. The second-order valence-electron chi connectivity index (χ2n) is 6.50. The number of halogens is 1. The van der Waals surface area contributed by atoms with Crippen LogP contribution in [0.5, 0.6) is 0 Å². The Morgan fingerprint density at radius 3 is 2.86 bits per heavy atom. The molecule has 3 heterocycles. The number of nitrogens with one attached hydrogen (secondary N) is 1. The van der Waals surface area contributed by atoms with Crippen molar-refractivity contribution in [3.05, 3.63) is 48.7 Å². The maximum absolute atomic E-state index is 13.5. The molecule has 3 aromatic rings. The molecule has 1 fully saturated rings. The van der Waals surface area contributed by atoms with Gasteiger partial charge < -0.3 is 15.8 Å². The number of anilines is 5. The van der Waals surface area contributed by atoms with Gasteiger partial charge in [-0.2, -0.15) is 10.1 Å². The molecule has 10 heteroatoms. The molecule has 146 valence electrons. The molecule has 0 unspecified atom stereocenters. The zero-order valence-corrected chi connectivity index (χ0v) is 15.1. The van der Waals surface area contributed by atoms with Gasteiger partial charge in [-0.15, -0.1) is 0 Å². The van der Waals surface area contributed by atoms with E-state index in [4.69, 9.17) is 16.3 Å². The molecular formula is C18H21FN8O. The molecule has 9 nitrogen and oxygen atoms in total. The summed E-state index contributed by atoms with van der Waals surface area (Å²) in [6.07, 6.45) is 6.93. The molecule has 1 saturated heterocycles. The van der Waals surface area contributed by atoms with Gasteiger partial charge >= 0.3 is 0 Å². The molecule has 0 amide bonds. The molecule has 0 bridgehead atoms. The zero-order valence-electron chi connectivity index (χ0n) is 15.1. The van der Waals surface area contributed by atoms with Gasteiger partial charge in [-0.25, -0.2) is 15.2 Å². The maximum Gasteiger partial charge on any atom is 0.229 e. The Kier molecular flexibility index (Phi) is 5.04. The first-order valence-electron chi connectivity index (χ1n) is 8.92. The second-order valence-corrected chi connectivity index (χ2v) is 6.50. The Bertz CT molecular complexity index is 956. The van der Waals surface area contributed by atoms with Crippen LogP contribution in [0.4, 0.5) is 33.2 Å². The third-order valence-electron chi connectivity index (χ3n) is 4.53. The van der Waals surface area contributed by atoms with Crippen LogP contribution in [0.1, 0.15) is 18.9 Å². The molecular weight excluding hydrogens is 363 g/mol. The van der Waals surface area contributed by atoms with Gasteiger partial charge in [-0.1, -0.05) is 6.07 Å². The smallest absolute Gasteiger partial charge is 0.229 e. The highest BCUT2D eigenvalue weighted by Crippen LogP contribution is 2.27. The topological polar surface area (TPSA) is 120 Å². The molecule has 4 rings (SSSR count). The number of hydrazine groups is 1. The molecule has 1 aliphatic heterocycles. The summed E-state index contributed by atoms with van der Waals surface area (Å²) in [5.41, 5.74) is 7.40. The minimum absolute atomic E-state index is 0.264. The largest absolute Gasteiger partial charge is 0.394 e. The highest BCUT2D eigenvalue weighted by molar-refractivity contribution is 5.71. The summed E-state index contributed by atoms with van der Waals surface area (Å²) >= 11 is 0. The monoisotopic (exact) mass is 384 g/mol. The van der Waals surface area contributed by atoms with Crippen LogP contribution in [0.3, 0.4) is 0 Å². The summed E-state index contributed by atoms with van der Waals surface area (Å²) in [7, 11) is 0. The molecule has 0 saturated carbocycles. The van der Waals surface area contributed by atoms with Gasteiger partial charge in [-0.3, -0.25) is 9.69 Å². The normalized spacial score (nSPS) is 14.8. The number of nitrogens with two attached hydrogens (primary N) is 2. The molecule has 0 aliphatic carbocycles. The first-order valence-corrected chi connectivity index (χ1v) is 8.92. The second kappa shape index (κ2) is 7.79. The van der Waals surface area contributed by atoms with E-state index >= 15 is 0 Å². The average Bonchev–Trinajstić information content (AvgIpc) is 3.18. The van der Waals surface area contributed by atoms with Crippen molar-refractivity contribution in [3.8, 4) is 0 Å². The van der Waals surface area contributed by atoms with Gasteiger partial charge in [0.15, 0.2) is 5.82 Å². The molecule has 1 aliphatic rings. The SMILES string of the molecule is Nc1cnc(Nc2cnn(C3CCOCC3)c2)nc1N(N)c1cccc(F)c1. The molecule has 0 atom stereocenters. The third-order valence-corrected chi connectivity index (χ3v) is 4.53. The predicted molar refractivity (Wildman–Crippen MR) is 104 cm³/mol. The number of ether oxygens (including phenoxy) is 1. The van der Waals surface area contributed by atoms with Gasteiger partial charge in [0, 0.05) is 19.4 Å². The van der Waals surface area contributed by atoms with Gasteiger partial charge in [0.05, 0.1) is 35.5 Å². The number of aromatic nitrogens is 4. The summed E-state index contributed by atoms with van der Waals surface area (Å²) in [4.78, 5) is 8.56. The van der Waals surface area contributed by atoms with Gasteiger partial charge in [0.25, 0.3) is 0 Å². The Labute approximate surface area is 161 Å². The lowest BCUT2D eigenvalue weighted by Crippen LogP contribution is -2.27. The molecule has 5 N–H and O–H groups in total. The van der Waals surface area contributed by atoms with Crippen molar-refractivity contribution in [2.24, 2.45) is 5.84 Å². The Morgan fingerprint density at radius 1 is 1.25 bits per heavy atom. The highest BCUT2D eigenvalue weighted by atomic mass is 19.1. The van der Waals surface area contributed by atoms with E-state index < -0.39 is 5.82 Å². The summed E-state index contributed by atoms with van der Waals surface area (Å²) in [6.45, 7) is 1.48. The van der Waals surface area contributed by atoms with E-state index in [1.165, 1.54) is 23.3 Å². The summed E-state index contributed by atoms with van der Waals surface area (Å²) < 4.78 is 20.8. The Morgan fingerprint density at radius 2 is 2.07 bits per heavy atom. The minimum atomic E-state index is -0.403. The standard InChI is InChI=1S/C18H21FN8O/c19-12-2-1-3-15(8-12)27(21)17-16(20)10-22-18(25-17)24-13-9-23-26(11-13)14-4-6-28-7-5-14/h1-3,8-11,14H,4-7,20-21H2,(H,22,24,25). The fraction of sp³-hybridized carbons (Fsp3) is 0.278. The average molecular weight is 384 g/mol. The van der Waals surface area contributed by atoms with E-state index in [1.54, 1.807) is 18.3 Å².